The van der Waals surface area contributed by atoms with Gasteiger partial charge in [-0.05, 0) is 31.7 Å². The number of anilines is 1. The molecular formula is C20H23Cl2N3O2. The Morgan fingerprint density at radius 2 is 1.63 bits per heavy atom. The number of halogens is 2. The molecule has 2 N–H and O–H groups in total. The Morgan fingerprint density at radius 1 is 1.00 bits per heavy atom. The molecular weight excluding hydrogens is 385 g/mol. The summed E-state index contributed by atoms with van der Waals surface area (Å²) in [6.45, 7) is 2.53. The van der Waals surface area contributed by atoms with E-state index in [-0.39, 0.29) is 24.4 Å². The normalized spacial score (nSPS) is 11.9. The number of amides is 2. The van der Waals surface area contributed by atoms with Crippen LogP contribution in [0.1, 0.15) is 24.9 Å². The summed E-state index contributed by atoms with van der Waals surface area (Å²) in [6.07, 6.45) is 0.299. The molecule has 144 valence electrons. The Kier molecular flexibility index (Phi) is 8.10. The van der Waals surface area contributed by atoms with E-state index in [0.717, 1.165) is 5.56 Å². The molecule has 0 heterocycles. The van der Waals surface area contributed by atoms with Gasteiger partial charge < -0.3 is 10.6 Å². The number of nitrogens with one attached hydrogen (secondary N) is 2. The smallest absolute Gasteiger partial charge is 0.238 e. The second-order valence-corrected chi connectivity index (χ2v) is 7.15. The first-order chi connectivity index (χ1) is 12.9. The first-order valence-electron chi connectivity index (χ1n) is 8.63. The predicted octanol–water partition coefficient (Wildman–Crippen LogP) is 4.13. The van der Waals surface area contributed by atoms with E-state index in [4.69, 9.17) is 23.2 Å². The van der Waals surface area contributed by atoms with Gasteiger partial charge in [0, 0.05) is 13.0 Å². The van der Waals surface area contributed by atoms with Gasteiger partial charge in [-0.2, -0.15) is 0 Å². The van der Waals surface area contributed by atoms with Crippen LogP contribution in [0.4, 0.5) is 5.69 Å². The summed E-state index contributed by atoms with van der Waals surface area (Å²) in [6, 6.07) is 14.7. The lowest BCUT2D eigenvalue weighted by Gasteiger charge is -2.18. The summed E-state index contributed by atoms with van der Waals surface area (Å²) < 4.78 is 0. The molecule has 0 radical (unpaired) electrons. The largest absolute Gasteiger partial charge is 0.350 e. The lowest BCUT2D eigenvalue weighted by molar-refractivity contribution is -0.123. The zero-order valence-corrected chi connectivity index (χ0v) is 16.8. The van der Waals surface area contributed by atoms with E-state index in [1.54, 1.807) is 30.1 Å². The maximum absolute atomic E-state index is 12.2. The summed E-state index contributed by atoms with van der Waals surface area (Å²) in [7, 11) is 1.78. The molecule has 2 aromatic rings. The standard InChI is InChI=1S/C20H23Cl2N3O2/c1-14(15-7-4-3-5-8-15)23-18(26)11-12-25(2)13-19(27)24-20-16(21)9-6-10-17(20)22/h3-10,14H,11-13H2,1-2H3,(H,23,26)(H,24,27). The number of carbonyl (C=O) groups excluding carboxylic acids is 2. The average Bonchev–Trinajstić information content (AvgIpc) is 2.64. The van der Waals surface area contributed by atoms with Gasteiger partial charge in [-0.3, -0.25) is 14.5 Å². The highest BCUT2D eigenvalue weighted by molar-refractivity contribution is 6.39. The van der Waals surface area contributed by atoms with Crippen molar-refractivity contribution < 1.29 is 9.59 Å². The molecule has 1 atom stereocenters. The van der Waals surface area contributed by atoms with Crippen LogP contribution in [-0.4, -0.2) is 36.9 Å². The second kappa shape index (κ2) is 10.3. The highest BCUT2D eigenvalue weighted by Crippen LogP contribution is 2.29. The van der Waals surface area contributed by atoms with E-state index in [1.165, 1.54) is 0 Å². The molecule has 0 fully saturated rings. The van der Waals surface area contributed by atoms with Crippen LogP contribution in [0.15, 0.2) is 48.5 Å². The van der Waals surface area contributed by atoms with E-state index in [0.29, 0.717) is 28.7 Å². The molecule has 0 aromatic heterocycles. The minimum atomic E-state index is -0.245. The number of carbonyl (C=O) groups is 2. The summed E-state index contributed by atoms with van der Waals surface area (Å²) in [5, 5.41) is 6.43. The lowest BCUT2D eigenvalue weighted by Crippen LogP contribution is -2.34. The molecule has 7 heteroatoms. The van der Waals surface area contributed by atoms with Gasteiger partial charge in [-0.1, -0.05) is 59.6 Å². The first-order valence-corrected chi connectivity index (χ1v) is 9.39. The molecule has 0 saturated carbocycles. The van der Waals surface area contributed by atoms with Crippen LogP contribution in [0.3, 0.4) is 0 Å². The fraction of sp³-hybridized carbons (Fsp3) is 0.300. The van der Waals surface area contributed by atoms with Crippen LogP contribution in [0.5, 0.6) is 0 Å². The number of rotatable bonds is 8. The minimum Gasteiger partial charge on any atom is -0.350 e. The van der Waals surface area contributed by atoms with E-state index in [2.05, 4.69) is 10.6 Å². The highest BCUT2D eigenvalue weighted by Gasteiger charge is 2.14. The molecule has 0 saturated heterocycles. The number of para-hydroxylation sites is 1. The van der Waals surface area contributed by atoms with Crippen LogP contribution in [0, 0.1) is 0 Å². The van der Waals surface area contributed by atoms with Crippen LogP contribution in [0.2, 0.25) is 10.0 Å². The first kappa shape index (κ1) is 21.2. The van der Waals surface area contributed by atoms with E-state index >= 15 is 0 Å². The Morgan fingerprint density at radius 3 is 2.26 bits per heavy atom. The van der Waals surface area contributed by atoms with Crippen LogP contribution in [0.25, 0.3) is 0 Å². The molecule has 1 unspecified atom stereocenters. The van der Waals surface area contributed by atoms with Crippen LogP contribution >= 0.6 is 23.2 Å². The van der Waals surface area contributed by atoms with E-state index in [1.807, 2.05) is 37.3 Å². The Hall–Kier alpha value is -2.08. The molecule has 27 heavy (non-hydrogen) atoms. The van der Waals surface area contributed by atoms with Crippen molar-refractivity contribution in [1.82, 2.24) is 10.2 Å². The van der Waals surface area contributed by atoms with Gasteiger partial charge in [-0.25, -0.2) is 0 Å². The third-order valence-electron chi connectivity index (χ3n) is 4.04. The number of likely N-dealkylation sites (N-methyl/N-ethyl adjacent to an activating group) is 1. The van der Waals surface area contributed by atoms with Crippen molar-refractivity contribution in [2.24, 2.45) is 0 Å². The van der Waals surface area contributed by atoms with E-state index in [9.17, 15) is 9.59 Å². The van der Waals surface area contributed by atoms with Crippen molar-refractivity contribution in [3.8, 4) is 0 Å². The fourth-order valence-corrected chi connectivity index (χ4v) is 3.04. The third-order valence-corrected chi connectivity index (χ3v) is 4.67. The quantitative estimate of drug-likeness (QED) is 0.691. The molecule has 0 aliphatic rings. The Balaban J connectivity index is 1.76. The van der Waals surface area contributed by atoms with Crippen LogP contribution in [-0.2, 0) is 9.59 Å². The van der Waals surface area contributed by atoms with Gasteiger partial charge in [0.05, 0.1) is 28.3 Å². The Labute approximate surface area is 169 Å². The van der Waals surface area contributed by atoms with Crippen molar-refractivity contribution in [2.75, 3.05) is 25.5 Å². The maximum Gasteiger partial charge on any atom is 0.238 e. The van der Waals surface area contributed by atoms with Crippen LogP contribution < -0.4 is 10.6 Å². The molecule has 0 aliphatic carbocycles. The van der Waals surface area contributed by atoms with Crippen molar-refractivity contribution in [3.63, 3.8) is 0 Å². The summed E-state index contributed by atoms with van der Waals surface area (Å²) >= 11 is 12.1. The SMILES string of the molecule is CC(NC(=O)CCN(C)CC(=O)Nc1c(Cl)cccc1Cl)c1ccccc1. The molecule has 0 bridgehead atoms. The van der Waals surface area contributed by atoms with E-state index < -0.39 is 0 Å². The summed E-state index contributed by atoms with van der Waals surface area (Å²) in [5.41, 5.74) is 1.45. The number of hydrogen-bond acceptors (Lipinski definition) is 3. The zero-order valence-electron chi connectivity index (χ0n) is 15.3. The molecule has 2 rings (SSSR count). The fourth-order valence-electron chi connectivity index (χ4n) is 2.55. The highest BCUT2D eigenvalue weighted by atomic mass is 35.5. The van der Waals surface area contributed by atoms with Gasteiger partial charge in [0.15, 0.2) is 0 Å². The lowest BCUT2D eigenvalue weighted by atomic mass is 10.1. The van der Waals surface area contributed by atoms with Crippen molar-refractivity contribution >= 4 is 40.7 Å². The second-order valence-electron chi connectivity index (χ2n) is 6.33. The zero-order chi connectivity index (χ0) is 19.8. The maximum atomic E-state index is 12.2. The van der Waals surface area contributed by atoms with Crippen molar-refractivity contribution in [1.29, 1.82) is 0 Å². The van der Waals surface area contributed by atoms with Gasteiger partial charge in [0.25, 0.3) is 0 Å². The molecule has 5 nitrogen and oxygen atoms in total. The van der Waals surface area contributed by atoms with Gasteiger partial charge >= 0.3 is 0 Å². The summed E-state index contributed by atoms with van der Waals surface area (Å²) in [5.74, 6) is -0.307. The van der Waals surface area contributed by atoms with Crippen molar-refractivity contribution in [2.45, 2.75) is 19.4 Å². The van der Waals surface area contributed by atoms with Crippen molar-refractivity contribution in [3.05, 3.63) is 64.1 Å². The van der Waals surface area contributed by atoms with Gasteiger partial charge in [-0.15, -0.1) is 0 Å². The Bertz CT molecular complexity index is 764. The third kappa shape index (κ3) is 6.86. The monoisotopic (exact) mass is 407 g/mol. The average molecular weight is 408 g/mol. The molecule has 0 aliphatic heterocycles. The number of hydrogen-bond donors (Lipinski definition) is 2. The number of benzene rings is 2. The molecule has 2 aromatic carbocycles. The number of nitrogens with zero attached hydrogens (tertiary/aromatic N) is 1. The van der Waals surface area contributed by atoms with Gasteiger partial charge in [0.2, 0.25) is 11.8 Å². The predicted molar refractivity (Wildman–Crippen MR) is 110 cm³/mol. The van der Waals surface area contributed by atoms with Gasteiger partial charge in [0.1, 0.15) is 0 Å². The molecule has 2 amide bonds. The summed E-state index contributed by atoms with van der Waals surface area (Å²) in [4.78, 5) is 26.1. The molecule has 0 spiro atoms. The minimum absolute atomic E-state index is 0.0605. The topological polar surface area (TPSA) is 61.4 Å².